The molecule has 0 unspecified atom stereocenters. The predicted octanol–water partition coefficient (Wildman–Crippen LogP) is 4.93. The number of nitrogens with zero attached hydrogens (tertiary/aromatic N) is 1. The molecule has 3 N–H and O–H groups in total. The molecule has 0 bridgehead atoms. The van der Waals surface area contributed by atoms with E-state index in [4.69, 9.17) is 14.5 Å². The number of aryl methyl sites for hydroxylation is 1. The van der Waals surface area contributed by atoms with Crippen LogP contribution in [0, 0.1) is 0 Å². The number of rotatable bonds is 14. The fourth-order valence-corrected chi connectivity index (χ4v) is 4.14. The molecule has 3 aromatic rings. The fraction of sp³-hybridized carbons (Fsp3) is 0.360. The number of benzene rings is 2. The SMILES string of the molecule is O=P(O)(O)CCCNCc1ccc(OCCCCCc2ccccc2)c(-n2cccc2)c1. The van der Waals surface area contributed by atoms with Crippen LogP contribution in [0.4, 0.5) is 0 Å². The zero-order valence-electron chi connectivity index (χ0n) is 18.4. The van der Waals surface area contributed by atoms with Crippen LogP contribution in [0.3, 0.4) is 0 Å². The highest BCUT2D eigenvalue weighted by atomic mass is 31.2. The van der Waals surface area contributed by atoms with Crippen molar-refractivity contribution in [2.24, 2.45) is 0 Å². The van der Waals surface area contributed by atoms with Crippen molar-refractivity contribution >= 4 is 7.60 Å². The van der Waals surface area contributed by atoms with Crippen molar-refractivity contribution in [1.29, 1.82) is 0 Å². The van der Waals surface area contributed by atoms with Crippen LogP contribution in [0.1, 0.15) is 36.8 Å². The number of aromatic nitrogens is 1. The molecule has 0 atom stereocenters. The third kappa shape index (κ3) is 8.64. The highest BCUT2D eigenvalue weighted by Gasteiger charge is 2.11. The molecular formula is C25H33N2O4P. The number of hydrogen-bond donors (Lipinski definition) is 3. The lowest BCUT2D eigenvalue weighted by Crippen LogP contribution is -2.16. The molecule has 1 heterocycles. The Hall–Kier alpha value is -2.37. The van der Waals surface area contributed by atoms with E-state index in [2.05, 4.69) is 35.6 Å². The number of hydrogen-bond acceptors (Lipinski definition) is 3. The Bertz CT molecular complexity index is 971. The molecule has 32 heavy (non-hydrogen) atoms. The second kappa shape index (κ2) is 12.6. The minimum atomic E-state index is -3.92. The van der Waals surface area contributed by atoms with Gasteiger partial charge in [-0.15, -0.1) is 0 Å². The van der Waals surface area contributed by atoms with Crippen LogP contribution < -0.4 is 10.1 Å². The molecule has 0 saturated carbocycles. The van der Waals surface area contributed by atoms with E-state index in [-0.39, 0.29) is 6.16 Å². The third-order valence-corrected chi connectivity index (χ3v) is 6.15. The predicted molar refractivity (Wildman–Crippen MR) is 128 cm³/mol. The minimum Gasteiger partial charge on any atom is -0.491 e. The molecule has 1 aromatic heterocycles. The summed E-state index contributed by atoms with van der Waals surface area (Å²) in [6, 6.07) is 20.7. The summed E-state index contributed by atoms with van der Waals surface area (Å²) in [6.45, 7) is 1.88. The summed E-state index contributed by atoms with van der Waals surface area (Å²) in [5, 5.41) is 3.25. The molecule has 0 aliphatic carbocycles. The first kappa shape index (κ1) is 24.3. The lowest BCUT2D eigenvalue weighted by Gasteiger charge is -2.15. The lowest BCUT2D eigenvalue weighted by molar-refractivity contribution is 0.304. The highest BCUT2D eigenvalue weighted by molar-refractivity contribution is 7.51. The van der Waals surface area contributed by atoms with Gasteiger partial charge < -0.3 is 24.4 Å². The average molecular weight is 457 g/mol. The molecule has 3 rings (SSSR count). The van der Waals surface area contributed by atoms with Crippen molar-refractivity contribution < 1.29 is 19.1 Å². The molecule has 7 heteroatoms. The topological polar surface area (TPSA) is 83.7 Å². The van der Waals surface area contributed by atoms with Gasteiger partial charge in [0.2, 0.25) is 0 Å². The summed E-state index contributed by atoms with van der Waals surface area (Å²) in [4.78, 5) is 17.9. The van der Waals surface area contributed by atoms with Crippen LogP contribution in [0.15, 0.2) is 73.1 Å². The van der Waals surface area contributed by atoms with E-state index in [0.717, 1.165) is 42.7 Å². The zero-order chi connectivity index (χ0) is 22.7. The molecule has 172 valence electrons. The van der Waals surface area contributed by atoms with Gasteiger partial charge in [0.1, 0.15) is 5.75 Å². The lowest BCUT2D eigenvalue weighted by atomic mass is 10.1. The summed E-state index contributed by atoms with van der Waals surface area (Å²) in [7, 11) is -3.92. The van der Waals surface area contributed by atoms with E-state index >= 15 is 0 Å². The first-order valence-electron chi connectivity index (χ1n) is 11.2. The largest absolute Gasteiger partial charge is 0.491 e. The summed E-state index contributed by atoms with van der Waals surface area (Å²) in [5.41, 5.74) is 3.48. The van der Waals surface area contributed by atoms with E-state index in [1.54, 1.807) is 0 Å². The van der Waals surface area contributed by atoms with Crippen molar-refractivity contribution in [1.82, 2.24) is 9.88 Å². The molecule has 0 spiro atoms. The maximum atomic E-state index is 10.9. The molecule has 0 saturated heterocycles. The van der Waals surface area contributed by atoms with E-state index < -0.39 is 7.60 Å². The second-order valence-electron chi connectivity index (χ2n) is 7.96. The van der Waals surface area contributed by atoms with E-state index in [0.29, 0.717) is 26.1 Å². The van der Waals surface area contributed by atoms with Crippen LogP contribution in [0.2, 0.25) is 0 Å². The van der Waals surface area contributed by atoms with Crippen LogP contribution in [0.25, 0.3) is 5.69 Å². The molecule has 0 fully saturated rings. The van der Waals surface area contributed by atoms with E-state index in [1.807, 2.05) is 47.3 Å². The van der Waals surface area contributed by atoms with Gasteiger partial charge in [0, 0.05) is 18.9 Å². The summed E-state index contributed by atoms with van der Waals surface area (Å²) in [5.74, 6) is 0.856. The van der Waals surface area contributed by atoms with Gasteiger partial charge in [0.15, 0.2) is 0 Å². The van der Waals surface area contributed by atoms with Crippen LogP contribution in [0.5, 0.6) is 5.75 Å². The van der Waals surface area contributed by atoms with Crippen LogP contribution in [-0.2, 0) is 17.5 Å². The Labute approximate surface area is 190 Å². The standard InChI is InChI=1S/C25H33N2O4P/c28-32(29,30)19-9-15-26-21-23-13-14-25(24(20-23)27-16-6-7-17-27)31-18-8-2-5-12-22-10-3-1-4-11-22/h1,3-4,6-7,10-11,13-14,16-17,20,26H,2,5,8-9,12,15,18-19,21H2,(H2,28,29,30). The van der Waals surface area contributed by atoms with Crippen LogP contribution in [-0.4, -0.2) is 33.7 Å². The third-order valence-electron chi connectivity index (χ3n) is 5.25. The minimum absolute atomic E-state index is 0.0905. The van der Waals surface area contributed by atoms with Crippen molar-refractivity contribution in [3.8, 4) is 11.4 Å². The van der Waals surface area contributed by atoms with Crippen LogP contribution >= 0.6 is 7.60 Å². The Morgan fingerprint density at radius 3 is 2.41 bits per heavy atom. The maximum absolute atomic E-state index is 10.9. The van der Waals surface area contributed by atoms with Crippen molar-refractivity contribution in [3.05, 3.63) is 84.2 Å². The van der Waals surface area contributed by atoms with Gasteiger partial charge in [-0.3, -0.25) is 4.57 Å². The fourth-order valence-electron chi connectivity index (χ4n) is 3.57. The Kier molecular flexibility index (Phi) is 9.57. The first-order chi connectivity index (χ1) is 15.5. The van der Waals surface area contributed by atoms with Crippen molar-refractivity contribution in [3.63, 3.8) is 0 Å². The number of unbranched alkanes of at least 4 members (excludes halogenated alkanes) is 2. The quantitative estimate of drug-likeness (QED) is 0.237. The van der Waals surface area contributed by atoms with E-state index in [1.165, 1.54) is 5.56 Å². The molecule has 0 aliphatic heterocycles. The van der Waals surface area contributed by atoms with Gasteiger partial charge in [-0.1, -0.05) is 36.4 Å². The molecule has 0 radical (unpaired) electrons. The first-order valence-corrected chi connectivity index (χ1v) is 13.0. The van der Waals surface area contributed by atoms with Crippen molar-refractivity contribution in [2.45, 2.75) is 38.6 Å². The number of nitrogens with one attached hydrogen (secondary N) is 1. The maximum Gasteiger partial charge on any atom is 0.325 e. The van der Waals surface area contributed by atoms with Gasteiger partial charge >= 0.3 is 7.60 Å². The highest BCUT2D eigenvalue weighted by Crippen LogP contribution is 2.34. The average Bonchev–Trinajstić information content (AvgIpc) is 3.31. The molecular weight excluding hydrogens is 423 g/mol. The summed E-state index contributed by atoms with van der Waals surface area (Å²) in [6.07, 6.45) is 8.76. The zero-order valence-corrected chi connectivity index (χ0v) is 19.3. The van der Waals surface area contributed by atoms with Gasteiger partial charge in [-0.2, -0.15) is 0 Å². The van der Waals surface area contributed by atoms with Gasteiger partial charge in [-0.05, 0) is 74.0 Å². The smallest absolute Gasteiger partial charge is 0.325 e. The molecule has 2 aromatic carbocycles. The molecule has 0 amide bonds. The summed E-state index contributed by atoms with van der Waals surface area (Å²) >= 11 is 0. The Morgan fingerprint density at radius 1 is 0.875 bits per heavy atom. The van der Waals surface area contributed by atoms with Gasteiger partial charge in [-0.25, -0.2) is 0 Å². The Morgan fingerprint density at radius 2 is 1.66 bits per heavy atom. The number of ether oxygens (including phenoxy) is 1. The molecule has 0 aliphatic rings. The monoisotopic (exact) mass is 456 g/mol. The summed E-state index contributed by atoms with van der Waals surface area (Å²) < 4.78 is 19.1. The van der Waals surface area contributed by atoms with Crippen molar-refractivity contribution in [2.75, 3.05) is 19.3 Å². The van der Waals surface area contributed by atoms with Gasteiger partial charge in [0.05, 0.1) is 18.5 Å². The molecule has 6 nitrogen and oxygen atoms in total. The van der Waals surface area contributed by atoms with E-state index in [9.17, 15) is 4.57 Å². The van der Waals surface area contributed by atoms with Gasteiger partial charge in [0.25, 0.3) is 0 Å². The Balaban J connectivity index is 1.47. The second-order valence-corrected chi connectivity index (χ2v) is 9.73. The normalized spacial score (nSPS) is 11.6.